The van der Waals surface area contributed by atoms with Crippen molar-refractivity contribution in [3.05, 3.63) is 0 Å². The van der Waals surface area contributed by atoms with Crippen molar-refractivity contribution in [2.75, 3.05) is 13.2 Å². The number of nitrogens with two attached hydrogens (primary N) is 1. The Balaban J connectivity index is 5.31. The second kappa shape index (κ2) is 8.92. The van der Waals surface area contributed by atoms with Gasteiger partial charge >= 0.3 is 11.8 Å². The number of amides is 2. The van der Waals surface area contributed by atoms with Crippen molar-refractivity contribution < 1.29 is 19.8 Å². The van der Waals surface area contributed by atoms with Crippen LogP contribution in [0.4, 0.5) is 0 Å². The number of carbonyl (C=O) groups is 2. The second-order valence-electron chi connectivity index (χ2n) is 6.01. The Morgan fingerprint density at radius 1 is 0.950 bits per heavy atom. The van der Waals surface area contributed by atoms with E-state index in [1.54, 1.807) is 0 Å². The van der Waals surface area contributed by atoms with Crippen molar-refractivity contribution in [3.8, 4) is 0 Å². The number of primary amides is 1. The Bertz CT molecular complexity index is 300. The standard InChI is InChI=1S/C14H28N2O4/c1-9(2)5-11(7-17)16(14(20)13(15)19)12(8-18)6-10(3)4/h9-12,17-18H,5-8H2,1-4H3,(H2,15,19)/t11-,12-/m0/s1. The van der Waals surface area contributed by atoms with Crippen LogP contribution in [0.5, 0.6) is 0 Å². The van der Waals surface area contributed by atoms with E-state index < -0.39 is 23.9 Å². The van der Waals surface area contributed by atoms with Crippen molar-refractivity contribution in [2.45, 2.75) is 52.6 Å². The summed E-state index contributed by atoms with van der Waals surface area (Å²) in [4.78, 5) is 24.5. The fourth-order valence-corrected chi connectivity index (χ4v) is 2.40. The summed E-state index contributed by atoms with van der Waals surface area (Å²) in [6.07, 6.45) is 1.09. The summed E-state index contributed by atoms with van der Waals surface area (Å²) in [5, 5.41) is 19.1. The van der Waals surface area contributed by atoms with E-state index in [1.807, 2.05) is 27.7 Å². The molecule has 20 heavy (non-hydrogen) atoms. The minimum absolute atomic E-state index is 0.244. The van der Waals surface area contributed by atoms with Gasteiger partial charge in [-0.15, -0.1) is 0 Å². The van der Waals surface area contributed by atoms with Gasteiger partial charge in [-0.05, 0) is 24.7 Å². The van der Waals surface area contributed by atoms with Crippen molar-refractivity contribution in [2.24, 2.45) is 17.6 Å². The minimum Gasteiger partial charge on any atom is -0.394 e. The number of aliphatic hydroxyl groups excluding tert-OH is 2. The van der Waals surface area contributed by atoms with Crippen LogP contribution in [0.1, 0.15) is 40.5 Å². The second-order valence-corrected chi connectivity index (χ2v) is 6.01. The van der Waals surface area contributed by atoms with Gasteiger partial charge in [0.2, 0.25) is 0 Å². The molecule has 0 saturated carbocycles. The molecule has 0 saturated heterocycles. The van der Waals surface area contributed by atoms with Gasteiger partial charge in [0.15, 0.2) is 0 Å². The van der Waals surface area contributed by atoms with Crippen LogP contribution in [-0.4, -0.2) is 52.2 Å². The maximum Gasteiger partial charge on any atom is 0.312 e. The first kappa shape index (κ1) is 18.9. The van der Waals surface area contributed by atoms with E-state index in [1.165, 1.54) is 4.90 Å². The highest BCUT2D eigenvalue weighted by atomic mass is 16.3. The molecule has 0 aromatic carbocycles. The number of hydrogen-bond acceptors (Lipinski definition) is 4. The summed E-state index contributed by atoms with van der Waals surface area (Å²) in [6, 6.07) is -1.02. The summed E-state index contributed by atoms with van der Waals surface area (Å²) in [6.45, 7) is 7.34. The first-order valence-corrected chi connectivity index (χ1v) is 7.08. The Labute approximate surface area is 120 Å². The zero-order valence-corrected chi connectivity index (χ0v) is 12.9. The number of rotatable bonds is 8. The molecule has 0 fully saturated rings. The Morgan fingerprint density at radius 3 is 1.50 bits per heavy atom. The van der Waals surface area contributed by atoms with Crippen molar-refractivity contribution in [1.29, 1.82) is 0 Å². The summed E-state index contributed by atoms with van der Waals surface area (Å²) in [5.41, 5.74) is 5.09. The molecule has 0 bridgehead atoms. The van der Waals surface area contributed by atoms with E-state index in [9.17, 15) is 19.8 Å². The third-order valence-electron chi connectivity index (χ3n) is 3.14. The molecule has 0 unspecified atom stereocenters. The average molecular weight is 288 g/mol. The van der Waals surface area contributed by atoms with Crippen molar-refractivity contribution in [3.63, 3.8) is 0 Å². The van der Waals surface area contributed by atoms with Gasteiger partial charge in [0.05, 0.1) is 25.3 Å². The summed E-state index contributed by atoms with van der Waals surface area (Å²) < 4.78 is 0. The fraction of sp³-hybridized carbons (Fsp3) is 0.857. The quantitative estimate of drug-likeness (QED) is 0.552. The summed E-state index contributed by atoms with van der Waals surface area (Å²) in [5.74, 6) is -1.42. The highest BCUT2D eigenvalue weighted by Crippen LogP contribution is 2.19. The molecule has 0 heterocycles. The van der Waals surface area contributed by atoms with Crippen LogP contribution < -0.4 is 5.73 Å². The van der Waals surface area contributed by atoms with Gasteiger partial charge in [-0.2, -0.15) is 0 Å². The van der Waals surface area contributed by atoms with Crippen molar-refractivity contribution >= 4 is 11.8 Å². The average Bonchev–Trinajstić information content (AvgIpc) is 2.34. The molecule has 0 aromatic rings. The van der Waals surface area contributed by atoms with Crippen LogP contribution in [0, 0.1) is 11.8 Å². The zero-order chi connectivity index (χ0) is 15.9. The molecular formula is C14H28N2O4. The molecule has 0 aliphatic carbocycles. The molecule has 118 valence electrons. The van der Waals surface area contributed by atoms with E-state index >= 15 is 0 Å². The Hall–Kier alpha value is -1.14. The number of hydrogen-bond donors (Lipinski definition) is 3. The first-order chi connectivity index (χ1) is 9.24. The van der Waals surface area contributed by atoms with Crippen LogP contribution in [0.25, 0.3) is 0 Å². The lowest BCUT2D eigenvalue weighted by Gasteiger charge is -2.37. The molecule has 0 radical (unpaired) electrons. The van der Waals surface area contributed by atoms with Gasteiger partial charge in [-0.25, -0.2) is 0 Å². The monoisotopic (exact) mass is 288 g/mol. The molecule has 6 heteroatoms. The van der Waals surface area contributed by atoms with E-state index in [2.05, 4.69) is 0 Å². The molecule has 6 nitrogen and oxygen atoms in total. The third-order valence-corrected chi connectivity index (χ3v) is 3.14. The molecule has 2 atom stereocenters. The molecule has 0 aliphatic rings. The highest BCUT2D eigenvalue weighted by molar-refractivity contribution is 6.34. The molecule has 0 aromatic heterocycles. The van der Waals surface area contributed by atoms with Gasteiger partial charge in [0, 0.05) is 0 Å². The Kier molecular flexibility index (Phi) is 8.41. The predicted octanol–water partition coefficient (Wildman–Crippen LogP) is 0.114. The lowest BCUT2D eigenvalue weighted by molar-refractivity contribution is -0.150. The van der Waals surface area contributed by atoms with E-state index in [4.69, 9.17) is 5.73 Å². The maximum absolute atomic E-state index is 12.0. The minimum atomic E-state index is -1.06. The fourth-order valence-electron chi connectivity index (χ4n) is 2.40. The lowest BCUT2D eigenvalue weighted by Crippen LogP contribution is -2.54. The number of nitrogens with zero attached hydrogens (tertiary/aromatic N) is 1. The van der Waals surface area contributed by atoms with Crippen LogP contribution in [0.15, 0.2) is 0 Å². The largest absolute Gasteiger partial charge is 0.394 e. The van der Waals surface area contributed by atoms with Crippen LogP contribution in [0.3, 0.4) is 0 Å². The number of aliphatic hydroxyl groups is 2. The molecule has 0 spiro atoms. The third kappa shape index (κ3) is 5.88. The van der Waals surface area contributed by atoms with E-state index in [0.717, 1.165) is 0 Å². The molecule has 2 amide bonds. The van der Waals surface area contributed by atoms with Gasteiger partial charge in [-0.3, -0.25) is 9.59 Å². The SMILES string of the molecule is CC(C)C[C@@H](CO)N(C(=O)C(N)=O)[C@H](CO)CC(C)C. The zero-order valence-electron chi connectivity index (χ0n) is 12.9. The van der Waals surface area contributed by atoms with Gasteiger partial charge in [0.25, 0.3) is 0 Å². The number of carbonyl (C=O) groups excluding carboxylic acids is 2. The molecule has 0 rings (SSSR count). The van der Waals surface area contributed by atoms with Crippen molar-refractivity contribution in [1.82, 2.24) is 4.90 Å². The molecular weight excluding hydrogens is 260 g/mol. The molecule has 0 aliphatic heterocycles. The molecule has 4 N–H and O–H groups in total. The van der Waals surface area contributed by atoms with Crippen LogP contribution in [-0.2, 0) is 9.59 Å². The van der Waals surface area contributed by atoms with E-state index in [0.29, 0.717) is 12.8 Å². The summed E-state index contributed by atoms with van der Waals surface area (Å²) >= 11 is 0. The van der Waals surface area contributed by atoms with Crippen LogP contribution >= 0.6 is 0 Å². The lowest BCUT2D eigenvalue weighted by atomic mass is 9.97. The maximum atomic E-state index is 12.0. The van der Waals surface area contributed by atoms with Gasteiger partial charge in [0.1, 0.15) is 0 Å². The predicted molar refractivity (Wildman–Crippen MR) is 76.7 cm³/mol. The first-order valence-electron chi connectivity index (χ1n) is 7.08. The van der Waals surface area contributed by atoms with Crippen LogP contribution in [0.2, 0.25) is 0 Å². The van der Waals surface area contributed by atoms with Gasteiger partial charge in [-0.1, -0.05) is 27.7 Å². The summed E-state index contributed by atoms with van der Waals surface area (Å²) in [7, 11) is 0. The van der Waals surface area contributed by atoms with E-state index in [-0.39, 0.29) is 25.0 Å². The Morgan fingerprint density at radius 2 is 1.30 bits per heavy atom. The normalized spacial score (nSPS) is 14.4. The highest BCUT2D eigenvalue weighted by Gasteiger charge is 2.33. The smallest absolute Gasteiger partial charge is 0.312 e. The van der Waals surface area contributed by atoms with Gasteiger partial charge < -0.3 is 20.8 Å². The topological polar surface area (TPSA) is 104 Å².